The van der Waals surface area contributed by atoms with Crippen molar-refractivity contribution in [2.45, 2.75) is 51.4 Å². The van der Waals surface area contributed by atoms with Gasteiger partial charge >= 0.3 is 0 Å². The van der Waals surface area contributed by atoms with E-state index >= 15 is 0 Å². The second-order valence-electron chi connectivity index (χ2n) is 5.53. The van der Waals surface area contributed by atoms with E-state index in [1.807, 2.05) is 0 Å². The number of ether oxygens (including phenoxy) is 1. The topological polar surface area (TPSA) is 29.5 Å². The summed E-state index contributed by atoms with van der Waals surface area (Å²) < 4.78 is 5.34. The molecule has 0 saturated carbocycles. The van der Waals surface area contributed by atoms with Crippen molar-refractivity contribution in [2.75, 3.05) is 13.7 Å². The molecule has 0 spiro atoms. The van der Waals surface area contributed by atoms with Crippen LogP contribution in [0.15, 0.2) is 24.3 Å². The summed E-state index contributed by atoms with van der Waals surface area (Å²) in [6.45, 7) is 0.325. The molecule has 2 heteroatoms. The quantitative estimate of drug-likeness (QED) is 0.749. The Kier molecular flexibility index (Phi) is 6.13. The minimum Gasteiger partial charge on any atom is -0.497 e. The van der Waals surface area contributed by atoms with Gasteiger partial charge in [0.1, 0.15) is 5.75 Å². The van der Waals surface area contributed by atoms with Crippen molar-refractivity contribution < 1.29 is 9.84 Å². The van der Waals surface area contributed by atoms with Crippen molar-refractivity contribution in [2.24, 2.45) is 0 Å². The molecule has 2 rings (SSSR count). The van der Waals surface area contributed by atoms with Gasteiger partial charge in [0.15, 0.2) is 0 Å². The number of hydrogen-bond donors (Lipinski definition) is 1. The molecular formula is C18H26O2. The van der Waals surface area contributed by atoms with Crippen LogP contribution < -0.4 is 4.74 Å². The standard InChI is InChI=1S/C18H26O2/c1-20-17-11-12-18-15(8-4-2-3-7-13-19)9-5-6-10-16(18)14-17/h9,11-12,14,19H,2-8,10,13H2,1H3. The van der Waals surface area contributed by atoms with Gasteiger partial charge in [0, 0.05) is 6.61 Å². The monoisotopic (exact) mass is 274 g/mol. The minimum atomic E-state index is 0.325. The Morgan fingerprint density at radius 3 is 2.80 bits per heavy atom. The second-order valence-corrected chi connectivity index (χ2v) is 5.53. The zero-order valence-corrected chi connectivity index (χ0v) is 12.5. The van der Waals surface area contributed by atoms with E-state index in [1.165, 1.54) is 42.4 Å². The average molecular weight is 274 g/mol. The SMILES string of the molecule is COc1ccc2c(c1)CCCC=C2CCCCCCO. The molecule has 0 heterocycles. The molecule has 1 N–H and O–H groups in total. The zero-order chi connectivity index (χ0) is 14.2. The van der Waals surface area contributed by atoms with E-state index < -0.39 is 0 Å². The van der Waals surface area contributed by atoms with E-state index in [1.54, 1.807) is 7.11 Å². The fourth-order valence-corrected chi connectivity index (χ4v) is 2.91. The van der Waals surface area contributed by atoms with Gasteiger partial charge in [-0.1, -0.05) is 25.0 Å². The lowest BCUT2D eigenvalue weighted by molar-refractivity contribution is 0.282. The highest BCUT2D eigenvalue weighted by atomic mass is 16.5. The average Bonchev–Trinajstić information content (AvgIpc) is 2.68. The number of aryl methyl sites for hydroxylation is 1. The second kappa shape index (κ2) is 8.11. The normalized spacial score (nSPS) is 14.4. The number of aliphatic hydroxyl groups excluding tert-OH is 1. The zero-order valence-electron chi connectivity index (χ0n) is 12.5. The van der Waals surface area contributed by atoms with E-state index in [-0.39, 0.29) is 0 Å². The number of unbranched alkanes of at least 4 members (excludes halogenated alkanes) is 3. The third kappa shape index (κ3) is 4.11. The Bertz CT molecular complexity index is 449. The van der Waals surface area contributed by atoms with Crippen molar-refractivity contribution in [1.82, 2.24) is 0 Å². The molecule has 1 aliphatic rings. The molecule has 0 aromatic heterocycles. The number of rotatable bonds is 7. The van der Waals surface area contributed by atoms with Crippen molar-refractivity contribution in [3.63, 3.8) is 0 Å². The summed E-state index contributed by atoms with van der Waals surface area (Å²) in [4.78, 5) is 0. The molecule has 0 aliphatic heterocycles. The van der Waals surface area contributed by atoms with Gasteiger partial charge in [-0.2, -0.15) is 0 Å². The predicted molar refractivity (Wildman–Crippen MR) is 84.1 cm³/mol. The predicted octanol–water partition coefficient (Wildman–Crippen LogP) is 4.36. The van der Waals surface area contributed by atoms with Crippen LogP contribution in [-0.2, 0) is 6.42 Å². The minimum absolute atomic E-state index is 0.325. The molecule has 110 valence electrons. The summed E-state index contributed by atoms with van der Waals surface area (Å²) >= 11 is 0. The Morgan fingerprint density at radius 2 is 2.00 bits per heavy atom. The van der Waals surface area contributed by atoms with Crippen LogP contribution in [0, 0.1) is 0 Å². The molecule has 1 aromatic carbocycles. The number of hydrogen-bond acceptors (Lipinski definition) is 2. The van der Waals surface area contributed by atoms with Crippen molar-refractivity contribution in [1.29, 1.82) is 0 Å². The third-order valence-electron chi connectivity index (χ3n) is 4.05. The molecule has 0 radical (unpaired) electrons. The van der Waals surface area contributed by atoms with Gasteiger partial charge in [0.25, 0.3) is 0 Å². The van der Waals surface area contributed by atoms with Gasteiger partial charge in [-0.05, 0) is 67.4 Å². The van der Waals surface area contributed by atoms with Crippen LogP contribution in [0.25, 0.3) is 5.57 Å². The lowest BCUT2D eigenvalue weighted by atomic mass is 9.95. The van der Waals surface area contributed by atoms with Gasteiger partial charge in [0.05, 0.1) is 7.11 Å². The largest absolute Gasteiger partial charge is 0.497 e. The fourth-order valence-electron chi connectivity index (χ4n) is 2.91. The highest BCUT2D eigenvalue weighted by Crippen LogP contribution is 2.31. The first-order valence-corrected chi connectivity index (χ1v) is 7.82. The molecular weight excluding hydrogens is 248 g/mol. The van der Waals surface area contributed by atoms with Crippen molar-refractivity contribution in [3.05, 3.63) is 35.4 Å². The molecule has 0 amide bonds. The summed E-state index contributed by atoms with van der Waals surface area (Å²) in [6.07, 6.45) is 11.6. The molecule has 1 aliphatic carbocycles. The summed E-state index contributed by atoms with van der Waals surface area (Å²) in [5.74, 6) is 0.966. The van der Waals surface area contributed by atoms with Crippen LogP contribution in [-0.4, -0.2) is 18.8 Å². The van der Waals surface area contributed by atoms with Gasteiger partial charge < -0.3 is 9.84 Å². The Labute approximate surface area is 122 Å². The highest BCUT2D eigenvalue weighted by molar-refractivity contribution is 5.69. The van der Waals surface area contributed by atoms with Crippen LogP contribution in [0.2, 0.25) is 0 Å². The van der Waals surface area contributed by atoms with Gasteiger partial charge in [-0.15, -0.1) is 0 Å². The maximum Gasteiger partial charge on any atom is 0.119 e. The van der Waals surface area contributed by atoms with E-state index in [0.29, 0.717) is 6.61 Å². The lowest BCUT2D eigenvalue weighted by Gasteiger charge is -2.12. The summed E-state index contributed by atoms with van der Waals surface area (Å²) in [7, 11) is 1.73. The van der Waals surface area contributed by atoms with Gasteiger partial charge in [-0.25, -0.2) is 0 Å². The van der Waals surface area contributed by atoms with Crippen LogP contribution in [0.4, 0.5) is 0 Å². The number of methoxy groups -OCH3 is 1. The van der Waals surface area contributed by atoms with Gasteiger partial charge in [-0.3, -0.25) is 0 Å². The molecule has 0 saturated heterocycles. The first kappa shape index (κ1) is 15.1. The molecule has 2 nitrogen and oxygen atoms in total. The molecule has 0 atom stereocenters. The lowest BCUT2D eigenvalue weighted by Crippen LogP contribution is -1.94. The Morgan fingerprint density at radius 1 is 1.15 bits per heavy atom. The molecule has 0 unspecified atom stereocenters. The summed E-state index contributed by atoms with van der Waals surface area (Å²) in [5, 5.41) is 8.81. The highest BCUT2D eigenvalue weighted by Gasteiger charge is 2.12. The van der Waals surface area contributed by atoms with Crippen molar-refractivity contribution in [3.8, 4) is 5.75 Å². The third-order valence-corrected chi connectivity index (χ3v) is 4.05. The number of fused-ring (bicyclic) bond motifs is 1. The molecule has 0 fully saturated rings. The fraction of sp³-hybridized carbons (Fsp3) is 0.556. The Hall–Kier alpha value is -1.28. The van der Waals surface area contributed by atoms with E-state index in [9.17, 15) is 0 Å². The smallest absolute Gasteiger partial charge is 0.119 e. The van der Waals surface area contributed by atoms with E-state index in [0.717, 1.165) is 31.4 Å². The maximum absolute atomic E-state index is 8.81. The van der Waals surface area contributed by atoms with Crippen LogP contribution >= 0.6 is 0 Å². The van der Waals surface area contributed by atoms with Crippen LogP contribution in [0.3, 0.4) is 0 Å². The van der Waals surface area contributed by atoms with Crippen LogP contribution in [0.5, 0.6) is 5.75 Å². The van der Waals surface area contributed by atoms with Crippen molar-refractivity contribution >= 4 is 5.57 Å². The van der Waals surface area contributed by atoms with E-state index in [2.05, 4.69) is 24.3 Å². The maximum atomic E-state index is 8.81. The molecule has 20 heavy (non-hydrogen) atoms. The number of benzene rings is 1. The van der Waals surface area contributed by atoms with Gasteiger partial charge in [0.2, 0.25) is 0 Å². The first-order chi connectivity index (χ1) is 9.85. The number of allylic oxidation sites excluding steroid dienone is 2. The summed E-state index contributed by atoms with van der Waals surface area (Å²) in [6, 6.07) is 6.49. The van der Waals surface area contributed by atoms with E-state index in [4.69, 9.17) is 9.84 Å². The van der Waals surface area contributed by atoms with Crippen LogP contribution in [0.1, 0.15) is 56.1 Å². The molecule has 0 bridgehead atoms. The summed E-state index contributed by atoms with van der Waals surface area (Å²) in [5.41, 5.74) is 4.36. The number of aliphatic hydroxyl groups is 1. The first-order valence-electron chi connectivity index (χ1n) is 7.82. The Balaban J connectivity index is 2.01. The molecule has 1 aromatic rings.